The molecule has 1 aliphatic heterocycles. The van der Waals surface area contributed by atoms with Crippen LogP contribution in [0.4, 0.5) is 0 Å². The van der Waals surface area contributed by atoms with E-state index >= 15 is 0 Å². The standard InChI is InChI=1S/C11H22N2O2/c1-8-6-9(12)4-5-13(8)7-11(2,3)10(14)15/h8-9H,4-7,12H2,1-3H3,(H,14,15). The van der Waals surface area contributed by atoms with E-state index in [9.17, 15) is 4.79 Å². The minimum absolute atomic E-state index is 0.282. The molecule has 0 amide bonds. The van der Waals surface area contributed by atoms with Crippen molar-refractivity contribution >= 4 is 5.97 Å². The first-order valence-corrected chi connectivity index (χ1v) is 5.56. The first-order chi connectivity index (χ1) is 6.83. The van der Waals surface area contributed by atoms with Crippen LogP contribution in [0.1, 0.15) is 33.6 Å². The van der Waals surface area contributed by atoms with E-state index in [1.165, 1.54) is 0 Å². The number of carboxylic acids is 1. The second-order valence-electron chi connectivity index (χ2n) is 5.29. The summed E-state index contributed by atoms with van der Waals surface area (Å²) in [7, 11) is 0. The maximum atomic E-state index is 11.0. The summed E-state index contributed by atoms with van der Waals surface area (Å²) in [5, 5.41) is 9.06. The Kier molecular flexibility index (Phi) is 3.73. The van der Waals surface area contributed by atoms with Crippen molar-refractivity contribution < 1.29 is 9.90 Å². The number of rotatable bonds is 3. The van der Waals surface area contributed by atoms with E-state index in [1.54, 1.807) is 13.8 Å². The lowest BCUT2D eigenvalue weighted by Crippen LogP contribution is -2.50. The van der Waals surface area contributed by atoms with E-state index in [2.05, 4.69) is 11.8 Å². The van der Waals surface area contributed by atoms with Crippen LogP contribution in [0.3, 0.4) is 0 Å². The monoisotopic (exact) mass is 214 g/mol. The number of aliphatic carboxylic acids is 1. The van der Waals surface area contributed by atoms with Gasteiger partial charge in [-0.15, -0.1) is 0 Å². The van der Waals surface area contributed by atoms with Crippen molar-refractivity contribution in [2.24, 2.45) is 11.1 Å². The van der Waals surface area contributed by atoms with Gasteiger partial charge >= 0.3 is 5.97 Å². The van der Waals surface area contributed by atoms with E-state index in [4.69, 9.17) is 10.8 Å². The number of nitrogens with two attached hydrogens (primary N) is 1. The van der Waals surface area contributed by atoms with Gasteiger partial charge in [-0.1, -0.05) is 0 Å². The minimum atomic E-state index is -0.732. The molecule has 0 spiro atoms. The third-order valence-corrected chi connectivity index (χ3v) is 3.23. The Balaban J connectivity index is 2.55. The molecule has 1 saturated heterocycles. The molecular weight excluding hydrogens is 192 g/mol. The Morgan fingerprint density at radius 3 is 2.67 bits per heavy atom. The molecule has 1 fully saturated rings. The molecule has 0 aromatic rings. The number of carboxylic acid groups (broad SMARTS) is 1. The molecule has 2 atom stereocenters. The molecule has 0 bridgehead atoms. The first kappa shape index (κ1) is 12.5. The van der Waals surface area contributed by atoms with Crippen LogP contribution in [-0.4, -0.2) is 41.1 Å². The fourth-order valence-electron chi connectivity index (χ4n) is 2.07. The summed E-state index contributed by atoms with van der Waals surface area (Å²) < 4.78 is 0. The van der Waals surface area contributed by atoms with Crippen LogP contribution in [0.5, 0.6) is 0 Å². The number of likely N-dealkylation sites (tertiary alicyclic amines) is 1. The quantitative estimate of drug-likeness (QED) is 0.733. The second-order valence-corrected chi connectivity index (χ2v) is 5.29. The fourth-order valence-corrected chi connectivity index (χ4v) is 2.07. The van der Waals surface area contributed by atoms with E-state index in [0.717, 1.165) is 19.4 Å². The Morgan fingerprint density at radius 2 is 2.20 bits per heavy atom. The summed E-state index contributed by atoms with van der Waals surface area (Å²) >= 11 is 0. The minimum Gasteiger partial charge on any atom is -0.481 e. The highest BCUT2D eigenvalue weighted by Crippen LogP contribution is 2.23. The van der Waals surface area contributed by atoms with E-state index in [-0.39, 0.29) is 6.04 Å². The van der Waals surface area contributed by atoms with Crippen LogP contribution in [0.15, 0.2) is 0 Å². The van der Waals surface area contributed by atoms with Crippen LogP contribution >= 0.6 is 0 Å². The average Bonchev–Trinajstić information content (AvgIpc) is 2.09. The molecule has 2 unspecified atom stereocenters. The predicted molar refractivity (Wildman–Crippen MR) is 59.7 cm³/mol. The lowest BCUT2D eigenvalue weighted by atomic mass is 9.90. The van der Waals surface area contributed by atoms with Gasteiger partial charge < -0.3 is 10.8 Å². The molecule has 1 rings (SSSR count). The van der Waals surface area contributed by atoms with E-state index in [0.29, 0.717) is 12.6 Å². The molecule has 0 aromatic carbocycles. The van der Waals surface area contributed by atoms with Crippen molar-refractivity contribution in [2.45, 2.75) is 45.7 Å². The number of nitrogens with zero attached hydrogens (tertiary/aromatic N) is 1. The van der Waals surface area contributed by atoms with Gasteiger partial charge in [0.1, 0.15) is 0 Å². The maximum Gasteiger partial charge on any atom is 0.310 e. The number of hydrogen-bond donors (Lipinski definition) is 2. The SMILES string of the molecule is CC1CC(N)CCN1CC(C)(C)C(=O)O. The third kappa shape index (κ3) is 3.18. The number of carbonyl (C=O) groups is 1. The third-order valence-electron chi connectivity index (χ3n) is 3.23. The van der Waals surface area contributed by atoms with E-state index in [1.807, 2.05) is 0 Å². The van der Waals surface area contributed by atoms with Crippen LogP contribution in [0, 0.1) is 5.41 Å². The summed E-state index contributed by atoms with van der Waals surface area (Å²) in [5.41, 5.74) is 5.20. The summed E-state index contributed by atoms with van der Waals surface area (Å²) in [4.78, 5) is 13.2. The molecule has 0 radical (unpaired) electrons. The van der Waals surface area contributed by atoms with Crippen molar-refractivity contribution in [2.75, 3.05) is 13.1 Å². The highest BCUT2D eigenvalue weighted by atomic mass is 16.4. The van der Waals surface area contributed by atoms with Crippen LogP contribution in [-0.2, 0) is 4.79 Å². The van der Waals surface area contributed by atoms with Crippen molar-refractivity contribution in [1.29, 1.82) is 0 Å². The lowest BCUT2D eigenvalue weighted by molar-refractivity contribution is -0.148. The number of piperidine rings is 1. The molecule has 0 aromatic heterocycles. The van der Waals surface area contributed by atoms with Gasteiger partial charge in [0.2, 0.25) is 0 Å². The zero-order valence-corrected chi connectivity index (χ0v) is 9.86. The van der Waals surface area contributed by atoms with Gasteiger partial charge in [0.05, 0.1) is 5.41 Å². The summed E-state index contributed by atoms with van der Waals surface area (Å²) in [6, 6.07) is 0.677. The van der Waals surface area contributed by atoms with Crippen molar-refractivity contribution in [3.05, 3.63) is 0 Å². The largest absolute Gasteiger partial charge is 0.481 e. The Labute approximate surface area is 91.4 Å². The lowest BCUT2D eigenvalue weighted by Gasteiger charge is -2.39. The Bertz CT molecular complexity index is 241. The predicted octanol–water partition coefficient (Wildman–Crippen LogP) is 0.909. The van der Waals surface area contributed by atoms with Crippen LogP contribution < -0.4 is 5.73 Å². The zero-order chi connectivity index (χ0) is 11.6. The van der Waals surface area contributed by atoms with Gasteiger partial charge in [-0.3, -0.25) is 9.69 Å². The van der Waals surface area contributed by atoms with Gasteiger partial charge in [-0.05, 0) is 40.2 Å². The molecule has 0 aliphatic carbocycles. The molecule has 0 saturated carbocycles. The highest BCUT2D eigenvalue weighted by molar-refractivity contribution is 5.73. The number of hydrogen-bond acceptors (Lipinski definition) is 3. The van der Waals surface area contributed by atoms with Crippen LogP contribution in [0.2, 0.25) is 0 Å². The molecule has 88 valence electrons. The topological polar surface area (TPSA) is 66.6 Å². The molecule has 1 aliphatic rings. The molecule has 1 heterocycles. The Morgan fingerprint density at radius 1 is 1.60 bits per heavy atom. The van der Waals surface area contributed by atoms with Crippen molar-refractivity contribution in [3.8, 4) is 0 Å². The normalized spacial score (nSPS) is 29.1. The maximum absolute atomic E-state index is 11.0. The molecule has 15 heavy (non-hydrogen) atoms. The van der Waals surface area contributed by atoms with E-state index < -0.39 is 11.4 Å². The fraction of sp³-hybridized carbons (Fsp3) is 0.909. The van der Waals surface area contributed by atoms with Crippen molar-refractivity contribution in [1.82, 2.24) is 4.90 Å². The highest BCUT2D eigenvalue weighted by Gasteiger charge is 2.33. The van der Waals surface area contributed by atoms with Gasteiger partial charge in [0.15, 0.2) is 0 Å². The average molecular weight is 214 g/mol. The smallest absolute Gasteiger partial charge is 0.310 e. The zero-order valence-electron chi connectivity index (χ0n) is 9.86. The summed E-state index contributed by atoms with van der Waals surface area (Å²) in [6.07, 6.45) is 1.94. The van der Waals surface area contributed by atoms with Crippen molar-refractivity contribution in [3.63, 3.8) is 0 Å². The van der Waals surface area contributed by atoms with Gasteiger partial charge in [0.25, 0.3) is 0 Å². The summed E-state index contributed by atoms with van der Waals surface area (Å²) in [6.45, 7) is 7.19. The Hall–Kier alpha value is -0.610. The van der Waals surface area contributed by atoms with Gasteiger partial charge in [-0.25, -0.2) is 0 Å². The molecule has 4 nitrogen and oxygen atoms in total. The second kappa shape index (κ2) is 4.49. The molecule has 3 N–H and O–H groups in total. The van der Waals surface area contributed by atoms with Gasteiger partial charge in [0, 0.05) is 18.6 Å². The van der Waals surface area contributed by atoms with Gasteiger partial charge in [-0.2, -0.15) is 0 Å². The molecular formula is C11H22N2O2. The molecule has 4 heteroatoms. The van der Waals surface area contributed by atoms with Crippen LogP contribution in [0.25, 0.3) is 0 Å². The summed E-state index contributed by atoms with van der Waals surface area (Å²) in [5.74, 6) is -0.732. The first-order valence-electron chi connectivity index (χ1n) is 5.56.